The van der Waals surface area contributed by atoms with Crippen LogP contribution in [0.4, 0.5) is 15.8 Å². The molecule has 0 unspecified atom stereocenters. The van der Waals surface area contributed by atoms with Crippen molar-refractivity contribution in [2.45, 2.75) is 44.9 Å². The summed E-state index contributed by atoms with van der Waals surface area (Å²) < 4.78 is 38.6. The summed E-state index contributed by atoms with van der Waals surface area (Å²) in [6.45, 7) is 9.40. The molecule has 0 radical (unpaired) electrons. The standard InChI is InChI=1S/C33H38FN5O3S/c1-22-19-23(2)31(24(3)27(22)20-25-11-13-37(14-12-25)29-9-5-4-7-26(29)21-35)33(40)39-17-15-38(16-18-39)30-10-6-8-28(34)32(30)43(36,41)42/h4-10,19,25H,11-18,20H2,1-3H3,(H2,36,41,42). The van der Waals surface area contributed by atoms with E-state index < -0.39 is 20.7 Å². The number of carbonyl (C=O) groups excluding carboxylic acids is 1. The first-order valence-corrected chi connectivity index (χ1v) is 16.2. The van der Waals surface area contributed by atoms with Crippen LogP contribution in [0.15, 0.2) is 53.4 Å². The number of amides is 1. The zero-order chi connectivity index (χ0) is 30.9. The van der Waals surface area contributed by atoms with Gasteiger partial charge in [-0.3, -0.25) is 4.79 Å². The molecule has 43 heavy (non-hydrogen) atoms. The molecule has 0 spiro atoms. The maximum absolute atomic E-state index is 14.4. The average Bonchev–Trinajstić information content (AvgIpc) is 2.98. The molecule has 0 aliphatic carbocycles. The summed E-state index contributed by atoms with van der Waals surface area (Å²) >= 11 is 0. The third-order valence-electron chi connectivity index (χ3n) is 8.96. The van der Waals surface area contributed by atoms with Gasteiger partial charge in [0, 0.05) is 44.8 Å². The van der Waals surface area contributed by atoms with Crippen molar-refractivity contribution in [1.29, 1.82) is 5.26 Å². The second kappa shape index (κ2) is 12.3. The molecular weight excluding hydrogens is 565 g/mol. The topological polar surface area (TPSA) is 111 Å². The zero-order valence-electron chi connectivity index (χ0n) is 24.9. The molecule has 1 amide bonds. The molecule has 0 saturated carbocycles. The van der Waals surface area contributed by atoms with Gasteiger partial charge in [-0.1, -0.05) is 24.3 Å². The summed E-state index contributed by atoms with van der Waals surface area (Å²) in [5.74, 6) is -0.435. The number of nitrogens with two attached hydrogens (primary N) is 1. The summed E-state index contributed by atoms with van der Waals surface area (Å²) in [5, 5.41) is 14.8. The van der Waals surface area contributed by atoms with E-state index in [9.17, 15) is 22.9 Å². The first kappa shape index (κ1) is 30.5. The molecule has 2 aliphatic heterocycles. The van der Waals surface area contributed by atoms with Crippen LogP contribution in [0.5, 0.6) is 0 Å². The fourth-order valence-corrected chi connectivity index (χ4v) is 7.55. The highest BCUT2D eigenvalue weighted by atomic mass is 32.2. The van der Waals surface area contributed by atoms with Crippen LogP contribution in [0.2, 0.25) is 0 Å². The number of sulfonamides is 1. The molecule has 226 valence electrons. The lowest BCUT2D eigenvalue weighted by molar-refractivity contribution is 0.0745. The Morgan fingerprint density at radius 3 is 2.21 bits per heavy atom. The number of benzene rings is 3. The highest BCUT2D eigenvalue weighted by Crippen LogP contribution is 2.32. The molecule has 3 aromatic carbocycles. The number of primary sulfonamides is 1. The number of hydrogen-bond acceptors (Lipinski definition) is 6. The number of carbonyl (C=O) groups is 1. The minimum atomic E-state index is -4.25. The Balaban J connectivity index is 1.28. The van der Waals surface area contributed by atoms with Crippen molar-refractivity contribution in [2.24, 2.45) is 11.1 Å². The van der Waals surface area contributed by atoms with Crippen molar-refractivity contribution >= 4 is 27.3 Å². The van der Waals surface area contributed by atoms with E-state index in [0.717, 1.165) is 60.8 Å². The van der Waals surface area contributed by atoms with Gasteiger partial charge in [0.1, 0.15) is 16.8 Å². The average molecular weight is 604 g/mol. The van der Waals surface area contributed by atoms with Gasteiger partial charge in [-0.25, -0.2) is 17.9 Å². The molecule has 2 fully saturated rings. The van der Waals surface area contributed by atoms with Crippen molar-refractivity contribution in [1.82, 2.24) is 4.90 Å². The van der Waals surface area contributed by atoms with Crippen molar-refractivity contribution < 1.29 is 17.6 Å². The minimum Gasteiger partial charge on any atom is -0.370 e. The van der Waals surface area contributed by atoms with E-state index in [-0.39, 0.29) is 11.6 Å². The van der Waals surface area contributed by atoms with Gasteiger partial charge in [-0.15, -0.1) is 0 Å². The molecule has 5 rings (SSSR count). The van der Waals surface area contributed by atoms with Crippen molar-refractivity contribution in [3.05, 3.63) is 87.7 Å². The number of rotatable bonds is 6. The van der Waals surface area contributed by atoms with E-state index in [0.29, 0.717) is 37.7 Å². The van der Waals surface area contributed by atoms with Gasteiger partial charge in [0.05, 0.1) is 16.9 Å². The van der Waals surface area contributed by atoms with Crippen LogP contribution in [0.25, 0.3) is 0 Å². The van der Waals surface area contributed by atoms with E-state index >= 15 is 0 Å². The van der Waals surface area contributed by atoms with Crippen molar-refractivity contribution in [2.75, 3.05) is 49.1 Å². The van der Waals surface area contributed by atoms with Crippen LogP contribution in [-0.2, 0) is 16.4 Å². The summed E-state index contributed by atoms with van der Waals surface area (Å²) in [7, 11) is -4.25. The first-order chi connectivity index (χ1) is 20.5. The van der Waals surface area contributed by atoms with Gasteiger partial charge in [0.25, 0.3) is 5.91 Å². The minimum absolute atomic E-state index is 0.0373. The van der Waals surface area contributed by atoms with Gasteiger partial charge in [0.15, 0.2) is 0 Å². The predicted molar refractivity (Wildman–Crippen MR) is 166 cm³/mol. The van der Waals surface area contributed by atoms with E-state index in [1.807, 2.05) is 38.1 Å². The van der Waals surface area contributed by atoms with Gasteiger partial charge in [-0.05, 0) is 92.5 Å². The van der Waals surface area contributed by atoms with Gasteiger partial charge >= 0.3 is 0 Å². The maximum atomic E-state index is 14.4. The number of nitrogens with zero attached hydrogens (tertiary/aromatic N) is 4. The Kier molecular flexibility index (Phi) is 8.76. The van der Waals surface area contributed by atoms with E-state index in [1.165, 1.54) is 17.2 Å². The van der Waals surface area contributed by atoms with Crippen LogP contribution < -0.4 is 14.9 Å². The van der Waals surface area contributed by atoms with E-state index in [2.05, 4.69) is 24.0 Å². The fraction of sp³-hybridized carbons (Fsp3) is 0.394. The molecule has 2 saturated heterocycles. The third-order valence-corrected chi connectivity index (χ3v) is 9.93. The largest absolute Gasteiger partial charge is 0.370 e. The number of hydrogen-bond donors (Lipinski definition) is 1. The molecule has 2 heterocycles. The van der Waals surface area contributed by atoms with Crippen LogP contribution in [0.3, 0.4) is 0 Å². The number of para-hydroxylation sites is 1. The molecule has 3 aromatic rings. The van der Waals surface area contributed by atoms with Crippen LogP contribution in [0, 0.1) is 43.8 Å². The van der Waals surface area contributed by atoms with Crippen LogP contribution in [0.1, 0.15) is 51.0 Å². The Morgan fingerprint density at radius 1 is 0.930 bits per heavy atom. The normalized spacial score (nSPS) is 16.3. The summed E-state index contributed by atoms with van der Waals surface area (Å²) in [6.07, 6.45) is 2.92. The lowest BCUT2D eigenvalue weighted by Crippen LogP contribution is -2.49. The Morgan fingerprint density at radius 2 is 1.56 bits per heavy atom. The Labute approximate surface area is 253 Å². The van der Waals surface area contributed by atoms with Crippen molar-refractivity contribution in [3.8, 4) is 6.07 Å². The molecule has 10 heteroatoms. The molecule has 0 atom stereocenters. The van der Waals surface area contributed by atoms with Gasteiger partial charge in [0.2, 0.25) is 10.0 Å². The third kappa shape index (κ3) is 6.24. The highest BCUT2D eigenvalue weighted by Gasteiger charge is 2.30. The number of piperazine rings is 1. The van der Waals surface area contributed by atoms with E-state index in [4.69, 9.17) is 5.14 Å². The maximum Gasteiger partial charge on any atom is 0.254 e. The second-order valence-corrected chi connectivity index (χ2v) is 13.2. The quantitative estimate of drug-likeness (QED) is 0.438. The molecular formula is C33H38FN5O3S. The van der Waals surface area contributed by atoms with E-state index in [1.54, 1.807) is 15.9 Å². The number of nitriles is 1. The number of halogens is 1. The smallest absolute Gasteiger partial charge is 0.254 e. The van der Waals surface area contributed by atoms with Crippen LogP contribution >= 0.6 is 0 Å². The first-order valence-electron chi connectivity index (χ1n) is 14.7. The molecule has 0 bridgehead atoms. The summed E-state index contributed by atoms with van der Waals surface area (Å²) in [4.78, 5) is 19.2. The summed E-state index contributed by atoms with van der Waals surface area (Å²) in [6, 6.07) is 16.3. The van der Waals surface area contributed by atoms with Gasteiger partial charge in [-0.2, -0.15) is 5.26 Å². The second-order valence-electron chi connectivity index (χ2n) is 11.7. The zero-order valence-corrected chi connectivity index (χ0v) is 25.8. The molecule has 2 N–H and O–H groups in total. The van der Waals surface area contributed by atoms with Crippen LogP contribution in [-0.4, -0.2) is 58.5 Å². The molecule has 2 aliphatic rings. The number of anilines is 2. The lowest BCUT2D eigenvalue weighted by Gasteiger charge is -2.37. The SMILES string of the molecule is Cc1cc(C)c(C(=O)N2CCN(c3cccc(F)c3S(N)(=O)=O)CC2)c(C)c1CC1CCN(c2ccccc2C#N)CC1. The lowest BCUT2D eigenvalue weighted by atomic mass is 9.83. The highest BCUT2D eigenvalue weighted by molar-refractivity contribution is 7.89. The molecule has 8 nitrogen and oxygen atoms in total. The monoisotopic (exact) mass is 603 g/mol. The predicted octanol–water partition coefficient (Wildman–Crippen LogP) is 4.69. The molecule has 0 aromatic heterocycles. The van der Waals surface area contributed by atoms with Crippen molar-refractivity contribution in [3.63, 3.8) is 0 Å². The Bertz CT molecular complexity index is 1690. The fourth-order valence-electron chi connectivity index (χ4n) is 6.72. The van der Waals surface area contributed by atoms with Gasteiger partial charge < -0.3 is 14.7 Å². The number of piperidine rings is 1. The Hall–Kier alpha value is -3.94. The number of aryl methyl sites for hydroxylation is 2. The summed E-state index contributed by atoms with van der Waals surface area (Å²) in [5.41, 5.74) is 7.02.